The maximum atomic E-state index is 10.1. The Morgan fingerprint density at radius 2 is 1.65 bits per heavy atom. The van der Waals surface area contributed by atoms with Crippen molar-refractivity contribution < 1.29 is 14.6 Å². The Morgan fingerprint density at radius 1 is 1.04 bits per heavy atom. The number of hydrogen-bond acceptors (Lipinski definition) is 5. The van der Waals surface area contributed by atoms with E-state index in [4.69, 9.17) is 14.7 Å². The molecule has 5 nitrogen and oxygen atoms in total. The molecule has 0 saturated carbocycles. The molecule has 0 amide bonds. The van der Waals surface area contributed by atoms with Crippen molar-refractivity contribution in [2.24, 2.45) is 0 Å². The van der Waals surface area contributed by atoms with E-state index in [1.807, 2.05) is 67.4 Å². The Labute approximate surface area is 155 Å². The van der Waals surface area contributed by atoms with E-state index >= 15 is 0 Å². The minimum absolute atomic E-state index is 0.223. The quantitative estimate of drug-likeness (QED) is 0.711. The first-order valence-electron chi connectivity index (χ1n) is 8.71. The van der Waals surface area contributed by atoms with Gasteiger partial charge in [0.2, 0.25) is 0 Å². The van der Waals surface area contributed by atoms with Gasteiger partial charge in [0.05, 0.1) is 12.5 Å². The SMILES string of the molecule is Cc1ccc(OCCN(C)C[C@H](O)COc2ccc(CC#N)cc2)cc1. The van der Waals surface area contributed by atoms with Crippen molar-refractivity contribution in [2.75, 3.05) is 33.4 Å². The Kier molecular flexibility index (Phi) is 7.94. The van der Waals surface area contributed by atoms with Crippen LogP contribution in [0.3, 0.4) is 0 Å². The Bertz CT molecular complexity index is 693. The molecule has 0 heterocycles. The molecule has 0 spiro atoms. The molecule has 2 aromatic rings. The van der Waals surface area contributed by atoms with E-state index in [1.165, 1.54) is 5.56 Å². The van der Waals surface area contributed by atoms with Gasteiger partial charge < -0.3 is 19.5 Å². The second kappa shape index (κ2) is 10.4. The number of aliphatic hydroxyl groups is 1. The van der Waals surface area contributed by atoms with Gasteiger partial charge in [-0.2, -0.15) is 5.26 Å². The number of hydrogen-bond donors (Lipinski definition) is 1. The summed E-state index contributed by atoms with van der Waals surface area (Å²) in [6, 6.07) is 17.4. The van der Waals surface area contributed by atoms with Gasteiger partial charge in [0, 0.05) is 13.1 Å². The molecule has 0 aliphatic rings. The first-order valence-corrected chi connectivity index (χ1v) is 8.71. The van der Waals surface area contributed by atoms with Crippen molar-refractivity contribution in [3.63, 3.8) is 0 Å². The van der Waals surface area contributed by atoms with Crippen LogP contribution in [0.4, 0.5) is 0 Å². The highest BCUT2D eigenvalue weighted by atomic mass is 16.5. The molecule has 0 bridgehead atoms. The lowest BCUT2D eigenvalue weighted by molar-refractivity contribution is 0.0723. The van der Waals surface area contributed by atoms with Crippen LogP contribution in [0, 0.1) is 18.3 Å². The molecule has 1 N–H and O–H groups in total. The van der Waals surface area contributed by atoms with Crippen LogP contribution in [0.5, 0.6) is 11.5 Å². The number of aryl methyl sites for hydroxylation is 1. The molecule has 0 fully saturated rings. The first-order chi connectivity index (χ1) is 12.6. The molecule has 0 aliphatic heterocycles. The van der Waals surface area contributed by atoms with Crippen LogP contribution in [-0.4, -0.2) is 49.5 Å². The largest absolute Gasteiger partial charge is 0.492 e. The lowest BCUT2D eigenvalue weighted by Crippen LogP contribution is -2.35. The highest BCUT2D eigenvalue weighted by molar-refractivity contribution is 5.28. The summed E-state index contributed by atoms with van der Waals surface area (Å²) in [6.07, 6.45) is -0.198. The van der Waals surface area contributed by atoms with Crippen LogP contribution in [-0.2, 0) is 6.42 Å². The van der Waals surface area contributed by atoms with Gasteiger partial charge in [-0.15, -0.1) is 0 Å². The second-order valence-electron chi connectivity index (χ2n) is 6.37. The Hall–Kier alpha value is -2.55. The molecular formula is C21H26N2O3. The fraction of sp³-hybridized carbons (Fsp3) is 0.381. The zero-order valence-corrected chi connectivity index (χ0v) is 15.4. The van der Waals surface area contributed by atoms with Gasteiger partial charge in [0.25, 0.3) is 0 Å². The zero-order valence-electron chi connectivity index (χ0n) is 15.4. The first kappa shape index (κ1) is 19.8. The summed E-state index contributed by atoms with van der Waals surface area (Å²) in [5, 5.41) is 18.8. The molecule has 1 atom stereocenters. The van der Waals surface area contributed by atoms with E-state index in [1.54, 1.807) is 0 Å². The third-order valence-electron chi connectivity index (χ3n) is 3.93. The van der Waals surface area contributed by atoms with Gasteiger partial charge in [-0.25, -0.2) is 0 Å². The van der Waals surface area contributed by atoms with Crippen LogP contribution in [0.1, 0.15) is 11.1 Å². The highest BCUT2D eigenvalue weighted by Crippen LogP contribution is 2.13. The van der Waals surface area contributed by atoms with E-state index in [0.717, 1.165) is 11.3 Å². The average Bonchev–Trinajstić information content (AvgIpc) is 2.63. The third kappa shape index (κ3) is 7.14. The minimum Gasteiger partial charge on any atom is -0.492 e. The second-order valence-corrected chi connectivity index (χ2v) is 6.37. The lowest BCUT2D eigenvalue weighted by atomic mass is 10.2. The van der Waals surface area contributed by atoms with Crippen molar-refractivity contribution in [1.82, 2.24) is 4.90 Å². The number of benzene rings is 2. The van der Waals surface area contributed by atoms with E-state index in [2.05, 4.69) is 6.07 Å². The van der Waals surface area contributed by atoms with Gasteiger partial charge in [-0.05, 0) is 43.8 Å². The monoisotopic (exact) mass is 354 g/mol. The van der Waals surface area contributed by atoms with Gasteiger partial charge in [-0.1, -0.05) is 29.8 Å². The number of likely N-dealkylation sites (N-methyl/N-ethyl adjacent to an activating group) is 1. The van der Waals surface area contributed by atoms with Crippen molar-refractivity contribution in [2.45, 2.75) is 19.4 Å². The molecule has 0 aromatic heterocycles. The molecule has 26 heavy (non-hydrogen) atoms. The third-order valence-corrected chi connectivity index (χ3v) is 3.93. The Morgan fingerprint density at radius 3 is 2.31 bits per heavy atom. The summed E-state index contributed by atoms with van der Waals surface area (Å²) in [4.78, 5) is 2.01. The van der Waals surface area contributed by atoms with Gasteiger partial charge >= 0.3 is 0 Å². The van der Waals surface area contributed by atoms with Crippen LogP contribution >= 0.6 is 0 Å². The normalized spacial score (nSPS) is 11.8. The topological polar surface area (TPSA) is 65.7 Å². The predicted octanol–water partition coefficient (Wildman–Crippen LogP) is 2.81. The van der Waals surface area contributed by atoms with Gasteiger partial charge in [0.1, 0.15) is 30.8 Å². The van der Waals surface area contributed by atoms with Crippen molar-refractivity contribution in [3.05, 3.63) is 59.7 Å². The number of ether oxygens (including phenoxy) is 2. The van der Waals surface area contributed by atoms with E-state index in [-0.39, 0.29) is 6.61 Å². The highest BCUT2D eigenvalue weighted by Gasteiger charge is 2.09. The maximum absolute atomic E-state index is 10.1. The molecule has 0 unspecified atom stereocenters. The molecule has 138 valence electrons. The van der Waals surface area contributed by atoms with Crippen LogP contribution in [0.15, 0.2) is 48.5 Å². The lowest BCUT2D eigenvalue weighted by Gasteiger charge is -2.21. The van der Waals surface area contributed by atoms with Gasteiger partial charge in [0.15, 0.2) is 0 Å². The smallest absolute Gasteiger partial charge is 0.119 e. The van der Waals surface area contributed by atoms with E-state index in [9.17, 15) is 5.11 Å². The Balaban J connectivity index is 1.64. The standard InChI is InChI=1S/C21H26N2O3/c1-17-3-7-20(8-4-17)25-14-13-23(2)15-19(24)16-26-21-9-5-18(6-10-21)11-12-22/h3-10,19,24H,11,13-16H2,1-2H3/t19-/m0/s1. The number of nitrogens with zero attached hydrogens (tertiary/aromatic N) is 2. The fourth-order valence-corrected chi connectivity index (χ4v) is 2.44. The summed E-state index contributed by atoms with van der Waals surface area (Å²) in [6.45, 7) is 4.05. The number of rotatable bonds is 10. The summed E-state index contributed by atoms with van der Waals surface area (Å²) < 4.78 is 11.3. The summed E-state index contributed by atoms with van der Waals surface area (Å²) >= 11 is 0. The molecule has 2 rings (SSSR count). The maximum Gasteiger partial charge on any atom is 0.119 e. The summed E-state index contributed by atoms with van der Waals surface area (Å²) in [5.74, 6) is 1.55. The molecule has 0 radical (unpaired) electrons. The number of nitriles is 1. The molecule has 0 saturated heterocycles. The van der Waals surface area contributed by atoms with Crippen molar-refractivity contribution >= 4 is 0 Å². The summed E-state index contributed by atoms with van der Waals surface area (Å²) in [5.41, 5.74) is 2.16. The zero-order chi connectivity index (χ0) is 18.8. The molecule has 0 aliphatic carbocycles. The average molecular weight is 354 g/mol. The van der Waals surface area contributed by atoms with Crippen LogP contribution < -0.4 is 9.47 Å². The van der Waals surface area contributed by atoms with E-state index < -0.39 is 6.10 Å². The van der Waals surface area contributed by atoms with Crippen LogP contribution in [0.2, 0.25) is 0 Å². The molecule has 5 heteroatoms. The number of aliphatic hydroxyl groups excluding tert-OH is 1. The predicted molar refractivity (Wildman–Crippen MR) is 101 cm³/mol. The van der Waals surface area contributed by atoms with Crippen molar-refractivity contribution in [3.8, 4) is 17.6 Å². The van der Waals surface area contributed by atoms with Crippen molar-refractivity contribution in [1.29, 1.82) is 5.26 Å². The molecular weight excluding hydrogens is 328 g/mol. The van der Waals surface area contributed by atoms with Gasteiger partial charge in [-0.3, -0.25) is 0 Å². The van der Waals surface area contributed by atoms with Crippen LogP contribution in [0.25, 0.3) is 0 Å². The fourth-order valence-electron chi connectivity index (χ4n) is 2.44. The van der Waals surface area contributed by atoms with E-state index in [0.29, 0.717) is 31.9 Å². The minimum atomic E-state index is -0.585. The summed E-state index contributed by atoms with van der Waals surface area (Å²) in [7, 11) is 1.94. The molecule has 2 aromatic carbocycles.